The number of fused-ring (bicyclic) bond motifs is 2. The predicted octanol–water partition coefficient (Wildman–Crippen LogP) is 4.22. The van der Waals surface area contributed by atoms with E-state index in [1.807, 2.05) is 71.3 Å². The van der Waals surface area contributed by atoms with Gasteiger partial charge in [0.15, 0.2) is 0 Å². The highest BCUT2D eigenvalue weighted by molar-refractivity contribution is 6.04. The first-order valence-electron chi connectivity index (χ1n) is 8.84. The van der Waals surface area contributed by atoms with Crippen molar-refractivity contribution in [3.63, 3.8) is 0 Å². The molecule has 5 aromatic rings. The third-order valence-corrected chi connectivity index (χ3v) is 4.54. The zero-order chi connectivity index (χ0) is 18.9. The van der Waals surface area contributed by atoms with Gasteiger partial charge in [0, 0.05) is 5.39 Å². The van der Waals surface area contributed by atoms with Crippen LogP contribution in [0.2, 0.25) is 0 Å². The van der Waals surface area contributed by atoms with Crippen LogP contribution in [-0.2, 0) is 0 Å². The van der Waals surface area contributed by atoms with Crippen LogP contribution in [0.25, 0.3) is 27.8 Å². The standard InChI is InChI=1S/C22H15N5O/c28-22(19-11-9-15-5-1-2-6-17(15)26-19)25-16-10-12-21(23-13-16)27-14-24-18-7-3-4-8-20(18)27/h1-14H,(H,25,28). The van der Waals surface area contributed by atoms with E-state index in [4.69, 9.17) is 0 Å². The minimum atomic E-state index is -0.270. The lowest BCUT2D eigenvalue weighted by atomic mass is 10.2. The summed E-state index contributed by atoms with van der Waals surface area (Å²) in [5, 5.41) is 3.84. The van der Waals surface area contributed by atoms with Crippen molar-refractivity contribution in [2.75, 3.05) is 5.32 Å². The molecule has 134 valence electrons. The van der Waals surface area contributed by atoms with Gasteiger partial charge in [-0.15, -0.1) is 0 Å². The molecule has 0 saturated heterocycles. The van der Waals surface area contributed by atoms with Crippen LogP contribution in [0.4, 0.5) is 5.69 Å². The molecule has 0 fully saturated rings. The van der Waals surface area contributed by atoms with Gasteiger partial charge in [-0.2, -0.15) is 0 Å². The van der Waals surface area contributed by atoms with Crippen LogP contribution >= 0.6 is 0 Å². The molecule has 6 heteroatoms. The van der Waals surface area contributed by atoms with Crippen LogP contribution < -0.4 is 5.32 Å². The van der Waals surface area contributed by atoms with E-state index in [0.29, 0.717) is 11.4 Å². The van der Waals surface area contributed by atoms with E-state index in [0.717, 1.165) is 27.8 Å². The van der Waals surface area contributed by atoms with Crippen molar-refractivity contribution in [3.8, 4) is 5.82 Å². The molecular formula is C22H15N5O. The van der Waals surface area contributed by atoms with Gasteiger partial charge >= 0.3 is 0 Å². The highest BCUT2D eigenvalue weighted by atomic mass is 16.1. The first-order valence-corrected chi connectivity index (χ1v) is 8.84. The third-order valence-electron chi connectivity index (χ3n) is 4.54. The molecule has 28 heavy (non-hydrogen) atoms. The van der Waals surface area contributed by atoms with E-state index in [2.05, 4.69) is 20.3 Å². The normalized spacial score (nSPS) is 11.0. The largest absolute Gasteiger partial charge is 0.319 e. The van der Waals surface area contributed by atoms with Gasteiger partial charge in [-0.3, -0.25) is 9.36 Å². The number of anilines is 1. The number of nitrogens with one attached hydrogen (secondary N) is 1. The van der Waals surface area contributed by atoms with E-state index in [9.17, 15) is 4.79 Å². The van der Waals surface area contributed by atoms with Gasteiger partial charge in [-0.1, -0.05) is 36.4 Å². The van der Waals surface area contributed by atoms with Crippen LogP contribution in [0.15, 0.2) is 85.3 Å². The molecule has 3 heterocycles. The van der Waals surface area contributed by atoms with Gasteiger partial charge in [0.05, 0.1) is 28.4 Å². The summed E-state index contributed by atoms with van der Waals surface area (Å²) in [6, 6.07) is 22.8. The quantitative estimate of drug-likeness (QED) is 0.519. The Morgan fingerprint density at radius 1 is 0.821 bits per heavy atom. The summed E-state index contributed by atoms with van der Waals surface area (Å²) in [7, 11) is 0. The second-order valence-electron chi connectivity index (χ2n) is 6.35. The first kappa shape index (κ1) is 16.1. The number of carbonyl (C=O) groups is 1. The van der Waals surface area contributed by atoms with Crippen molar-refractivity contribution in [1.82, 2.24) is 19.5 Å². The molecule has 0 saturated carbocycles. The second-order valence-corrected chi connectivity index (χ2v) is 6.35. The van der Waals surface area contributed by atoms with Crippen LogP contribution in [0.3, 0.4) is 0 Å². The fourth-order valence-electron chi connectivity index (χ4n) is 3.13. The van der Waals surface area contributed by atoms with Crippen molar-refractivity contribution in [2.24, 2.45) is 0 Å². The summed E-state index contributed by atoms with van der Waals surface area (Å²) in [5.41, 5.74) is 3.64. The maximum atomic E-state index is 12.5. The smallest absolute Gasteiger partial charge is 0.274 e. The lowest BCUT2D eigenvalue weighted by Crippen LogP contribution is -2.14. The van der Waals surface area contributed by atoms with E-state index in [1.54, 1.807) is 18.6 Å². The lowest BCUT2D eigenvalue weighted by Gasteiger charge is -2.07. The Balaban J connectivity index is 1.39. The summed E-state index contributed by atoms with van der Waals surface area (Å²) in [6.45, 7) is 0. The van der Waals surface area contributed by atoms with Crippen molar-refractivity contribution >= 4 is 33.5 Å². The Labute approximate surface area is 160 Å². The molecular weight excluding hydrogens is 350 g/mol. The molecule has 6 nitrogen and oxygen atoms in total. The topological polar surface area (TPSA) is 72.7 Å². The van der Waals surface area contributed by atoms with Crippen molar-refractivity contribution in [3.05, 3.63) is 91.0 Å². The molecule has 0 aliphatic carbocycles. The van der Waals surface area contributed by atoms with Gasteiger partial charge in [0.25, 0.3) is 5.91 Å². The maximum absolute atomic E-state index is 12.5. The predicted molar refractivity (Wildman–Crippen MR) is 109 cm³/mol. The zero-order valence-corrected chi connectivity index (χ0v) is 14.8. The molecule has 0 aliphatic heterocycles. The molecule has 5 rings (SSSR count). The number of hydrogen-bond donors (Lipinski definition) is 1. The third kappa shape index (κ3) is 2.87. The zero-order valence-electron chi connectivity index (χ0n) is 14.8. The Morgan fingerprint density at radius 2 is 1.64 bits per heavy atom. The molecule has 1 amide bonds. The van der Waals surface area contributed by atoms with Crippen molar-refractivity contribution in [2.45, 2.75) is 0 Å². The number of nitrogens with zero attached hydrogens (tertiary/aromatic N) is 4. The van der Waals surface area contributed by atoms with Gasteiger partial charge in [-0.05, 0) is 36.4 Å². The van der Waals surface area contributed by atoms with Crippen LogP contribution in [0.1, 0.15) is 10.5 Å². The highest BCUT2D eigenvalue weighted by Crippen LogP contribution is 2.18. The Morgan fingerprint density at radius 3 is 2.50 bits per heavy atom. The number of hydrogen-bond acceptors (Lipinski definition) is 4. The maximum Gasteiger partial charge on any atom is 0.274 e. The number of carbonyl (C=O) groups excluding carboxylic acids is 1. The van der Waals surface area contributed by atoms with Gasteiger partial charge in [0.1, 0.15) is 17.8 Å². The van der Waals surface area contributed by atoms with Crippen molar-refractivity contribution < 1.29 is 4.79 Å². The average molecular weight is 365 g/mol. The van der Waals surface area contributed by atoms with Crippen LogP contribution in [-0.4, -0.2) is 25.4 Å². The van der Waals surface area contributed by atoms with Gasteiger partial charge in [0.2, 0.25) is 0 Å². The highest BCUT2D eigenvalue weighted by Gasteiger charge is 2.10. The number of amides is 1. The van der Waals surface area contributed by atoms with E-state index in [-0.39, 0.29) is 5.91 Å². The minimum Gasteiger partial charge on any atom is -0.319 e. The molecule has 0 spiro atoms. The molecule has 3 aromatic heterocycles. The molecule has 0 radical (unpaired) electrons. The number of benzene rings is 2. The summed E-state index contributed by atoms with van der Waals surface area (Å²) in [4.78, 5) is 25.8. The summed E-state index contributed by atoms with van der Waals surface area (Å²) in [5.74, 6) is 0.462. The van der Waals surface area contributed by atoms with Gasteiger partial charge in [-0.25, -0.2) is 15.0 Å². The minimum absolute atomic E-state index is 0.270. The molecule has 0 aliphatic rings. The Kier molecular flexibility index (Phi) is 3.80. The summed E-state index contributed by atoms with van der Waals surface area (Å²) >= 11 is 0. The second kappa shape index (κ2) is 6.59. The Bertz CT molecular complexity index is 1310. The average Bonchev–Trinajstić information content (AvgIpc) is 3.18. The molecule has 1 N–H and O–H groups in total. The Hall–Kier alpha value is -4.06. The number of pyridine rings is 2. The summed E-state index contributed by atoms with van der Waals surface area (Å²) < 4.78 is 1.91. The molecule has 2 aromatic carbocycles. The lowest BCUT2D eigenvalue weighted by molar-refractivity contribution is 0.102. The van der Waals surface area contributed by atoms with Crippen LogP contribution in [0.5, 0.6) is 0 Å². The number of para-hydroxylation sites is 3. The van der Waals surface area contributed by atoms with E-state index in [1.165, 1.54) is 0 Å². The van der Waals surface area contributed by atoms with Gasteiger partial charge < -0.3 is 5.32 Å². The van der Waals surface area contributed by atoms with Crippen molar-refractivity contribution in [1.29, 1.82) is 0 Å². The fraction of sp³-hybridized carbons (Fsp3) is 0. The van der Waals surface area contributed by atoms with Crippen LogP contribution in [0, 0.1) is 0 Å². The van der Waals surface area contributed by atoms with E-state index >= 15 is 0 Å². The summed E-state index contributed by atoms with van der Waals surface area (Å²) in [6.07, 6.45) is 3.37. The monoisotopic (exact) mass is 365 g/mol. The number of imidazole rings is 1. The molecule has 0 unspecified atom stereocenters. The fourth-order valence-corrected chi connectivity index (χ4v) is 3.13. The first-order chi connectivity index (χ1) is 13.8. The number of aromatic nitrogens is 4. The number of rotatable bonds is 3. The molecule has 0 bridgehead atoms. The molecule has 0 atom stereocenters. The SMILES string of the molecule is O=C(Nc1ccc(-n2cnc3ccccc32)nc1)c1ccc2ccccc2n1. The van der Waals surface area contributed by atoms with E-state index < -0.39 is 0 Å².